The normalized spacial score (nSPS) is 22.3. The Hall–Kier alpha value is -1.10. The van der Waals surface area contributed by atoms with Crippen LogP contribution in [0.5, 0.6) is 5.75 Å². The van der Waals surface area contributed by atoms with E-state index in [1.54, 1.807) is 7.11 Å². The molecule has 112 valence electrons. The molecule has 1 fully saturated rings. The summed E-state index contributed by atoms with van der Waals surface area (Å²) in [7, 11) is 1.64. The second kappa shape index (κ2) is 7.07. The summed E-state index contributed by atoms with van der Waals surface area (Å²) in [5.41, 5.74) is 2.00. The van der Waals surface area contributed by atoms with Crippen LogP contribution in [-0.4, -0.2) is 49.5 Å². The third-order valence-electron chi connectivity index (χ3n) is 3.71. The smallest absolute Gasteiger partial charge is 0.124 e. The zero-order chi connectivity index (χ0) is 14.5. The van der Waals surface area contributed by atoms with Crippen LogP contribution in [0.4, 0.5) is 0 Å². The van der Waals surface area contributed by atoms with E-state index in [1.165, 1.54) is 0 Å². The summed E-state index contributed by atoms with van der Waals surface area (Å²) in [6.07, 6.45) is 0.710. The lowest BCUT2D eigenvalue weighted by Gasteiger charge is -2.25. The first-order valence-corrected chi connectivity index (χ1v) is 7.26. The van der Waals surface area contributed by atoms with Crippen LogP contribution >= 0.6 is 0 Å². The van der Waals surface area contributed by atoms with E-state index in [2.05, 4.69) is 11.8 Å². The van der Waals surface area contributed by atoms with Crippen molar-refractivity contribution in [1.29, 1.82) is 0 Å². The van der Waals surface area contributed by atoms with Gasteiger partial charge in [0.2, 0.25) is 0 Å². The molecule has 4 heteroatoms. The SMILES string of the molecule is COc1ccc(C)cc1C(O)CN1CCCOC(C)C1. The molecule has 1 saturated heterocycles. The largest absolute Gasteiger partial charge is 0.496 e. The van der Waals surface area contributed by atoms with Crippen molar-refractivity contribution in [2.45, 2.75) is 32.5 Å². The number of nitrogens with zero attached hydrogens (tertiary/aromatic N) is 1. The fraction of sp³-hybridized carbons (Fsp3) is 0.625. The monoisotopic (exact) mass is 279 g/mol. The minimum Gasteiger partial charge on any atom is -0.496 e. The number of ether oxygens (including phenoxy) is 2. The van der Waals surface area contributed by atoms with Crippen LogP contribution in [0.1, 0.15) is 30.6 Å². The number of aliphatic hydroxyl groups excluding tert-OH is 1. The van der Waals surface area contributed by atoms with Crippen LogP contribution in [0.25, 0.3) is 0 Å². The van der Waals surface area contributed by atoms with Crippen molar-refractivity contribution in [3.8, 4) is 5.75 Å². The van der Waals surface area contributed by atoms with E-state index < -0.39 is 6.10 Å². The Morgan fingerprint density at radius 2 is 2.30 bits per heavy atom. The fourth-order valence-corrected chi connectivity index (χ4v) is 2.70. The van der Waals surface area contributed by atoms with Crippen molar-refractivity contribution in [3.63, 3.8) is 0 Å². The van der Waals surface area contributed by atoms with E-state index in [0.717, 1.165) is 43.0 Å². The highest BCUT2D eigenvalue weighted by Gasteiger charge is 2.20. The van der Waals surface area contributed by atoms with Crippen LogP contribution in [-0.2, 0) is 4.74 Å². The summed E-state index contributed by atoms with van der Waals surface area (Å²) in [5, 5.41) is 10.5. The predicted molar refractivity (Wildman–Crippen MR) is 79.2 cm³/mol. The van der Waals surface area contributed by atoms with Crippen molar-refractivity contribution in [3.05, 3.63) is 29.3 Å². The second-order valence-corrected chi connectivity index (χ2v) is 5.56. The molecule has 0 radical (unpaired) electrons. The van der Waals surface area contributed by atoms with Gasteiger partial charge in [0.25, 0.3) is 0 Å². The number of aliphatic hydroxyl groups is 1. The van der Waals surface area contributed by atoms with Crippen LogP contribution < -0.4 is 4.74 Å². The molecule has 1 N–H and O–H groups in total. The molecule has 1 heterocycles. The van der Waals surface area contributed by atoms with Crippen molar-refractivity contribution in [2.24, 2.45) is 0 Å². The van der Waals surface area contributed by atoms with E-state index in [1.807, 2.05) is 25.1 Å². The van der Waals surface area contributed by atoms with Gasteiger partial charge in [-0.3, -0.25) is 4.90 Å². The molecule has 1 aromatic carbocycles. The maximum Gasteiger partial charge on any atom is 0.124 e. The van der Waals surface area contributed by atoms with E-state index in [9.17, 15) is 5.11 Å². The Balaban J connectivity index is 2.07. The number of methoxy groups -OCH3 is 1. The van der Waals surface area contributed by atoms with Crippen LogP contribution in [0.2, 0.25) is 0 Å². The zero-order valence-corrected chi connectivity index (χ0v) is 12.6. The molecule has 0 saturated carbocycles. The number of hydrogen-bond acceptors (Lipinski definition) is 4. The third-order valence-corrected chi connectivity index (χ3v) is 3.71. The fourth-order valence-electron chi connectivity index (χ4n) is 2.70. The van der Waals surface area contributed by atoms with Gasteiger partial charge in [-0.2, -0.15) is 0 Å². The van der Waals surface area contributed by atoms with Crippen LogP contribution in [0.15, 0.2) is 18.2 Å². The van der Waals surface area contributed by atoms with Gasteiger partial charge in [0.1, 0.15) is 5.75 Å². The lowest BCUT2D eigenvalue weighted by molar-refractivity contribution is 0.0558. The number of hydrogen-bond donors (Lipinski definition) is 1. The molecular formula is C16H25NO3. The molecule has 2 rings (SSSR count). The molecule has 0 bridgehead atoms. The van der Waals surface area contributed by atoms with Gasteiger partial charge in [0, 0.05) is 31.8 Å². The van der Waals surface area contributed by atoms with E-state index >= 15 is 0 Å². The summed E-state index contributed by atoms with van der Waals surface area (Å²) in [5.74, 6) is 0.752. The summed E-state index contributed by atoms with van der Waals surface area (Å²) in [4.78, 5) is 2.27. The van der Waals surface area contributed by atoms with Crippen LogP contribution in [0.3, 0.4) is 0 Å². The van der Waals surface area contributed by atoms with Crippen LogP contribution in [0, 0.1) is 6.92 Å². The van der Waals surface area contributed by atoms with Gasteiger partial charge in [-0.1, -0.05) is 11.6 Å². The highest BCUT2D eigenvalue weighted by Crippen LogP contribution is 2.27. The Bertz CT molecular complexity index is 436. The van der Waals surface area contributed by atoms with E-state index in [4.69, 9.17) is 9.47 Å². The van der Waals surface area contributed by atoms with Gasteiger partial charge in [-0.15, -0.1) is 0 Å². The molecule has 2 atom stereocenters. The van der Waals surface area contributed by atoms with E-state index in [0.29, 0.717) is 6.54 Å². The van der Waals surface area contributed by atoms with Crippen molar-refractivity contribution in [1.82, 2.24) is 4.90 Å². The quantitative estimate of drug-likeness (QED) is 0.917. The molecule has 20 heavy (non-hydrogen) atoms. The predicted octanol–water partition coefficient (Wildman–Crippen LogP) is 2.15. The molecule has 0 aromatic heterocycles. The first kappa shape index (κ1) is 15.3. The maximum absolute atomic E-state index is 10.5. The topological polar surface area (TPSA) is 41.9 Å². The van der Waals surface area contributed by atoms with Gasteiger partial charge in [-0.05, 0) is 32.4 Å². The lowest BCUT2D eigenvalue weighted by Crippen LogP contribution is -2.34. The zero-order valence-electron chi connectivity index (χ0n) is 12.6. The van der Waals surface area contributed by atoms with Gasteiger partial charge < -0.3 is 14.6 Å². The van der Waals surface area contributed by atoms with Gasteiger partial charge in [-0.25, -0.2) is 0 Å². The molecule has 2 unspecified atom stereocenters. The molecule has 0 aliphatic carbocycles. The molecule has 1 aromatic rings. The molecule has 4 nitrogen and oxygen atoms in total. The lowest BCUT2D eigenvalue weighted by atomic mass is 10.0. The maximum atomic E-state index is 10.5. The number of rotatable bonds is 4. The number of benzene rings is 1. The Morgan fingerprint density at radius 1 is 1.50 bits per heavy atom. The summed E-state index contributed by atoms with van der Waals surface area (Å²) in [6, 6.07) is 5.92. The number of β-amino-alcohol motifs (C(OH)–C–C–N with tert-alkyl or cyclic N) is 1. The molecule has 1 aliphatic rings. The second-order valence-electron chi connectivity index (χ2n) is 5.56. The van der Waals surface area contributed by atoms with Gasteiger partial charge in [0.15, 0.2) is 0 Å². The minimum absolute atomic E-state index is 0.226. The van der Waals surface area contributed by atoms with E-state index in [-0.39, 0.29) is 6.10 Å². The average molecular weight is 279 g/mol. The van der Waals surface area contributed by atoms with Crippen molar-refractivity contribution in [2.75, 3.05) is 33.4 Å². The summed E-state index contributed by atoms with van der Waals surface area (Å²) in [6.45, 7) is 7.37. The Labute approximate surface area is 121 Å². The first-order valence-electron chi connectivity index (χ1n) is 7.26. The molecule has 1 aliphatic heterocycles. The molecule has 0 spiro atoms. The third kappa shape index (κ3) is 3.95. The summed E-state index contributed by atoms with van der Waals surface area (Å²) >= 11 is 0. The Morgan fingerprint density at radius 3 is 3.05 bits per heavy atom. The van der Waals surface area contributed by atoms with Gasteiger partial charge in [0.05, 0.1) is 19.3 Å². The highest BCUT2D eigenvalue weighted by atomic mass is 16.5. The Kier molecular flexibility index (Phi) is 5.40. The summed E-state index contributed by atoms with van der Waals surface area (Å²) < 4.78 is 11.0. The minimum atomic E-state index is -0.532. The first-order chi connectivity index (χ1) is 9.60. The highest BCUT2D eigenvalue weighted by molar-refractivity contribution is 5.38. The van der Waals surface area contributed by atoms with Crippen molar-refractivity contribution >= 4 is 0 Å². The average Bonchev–Trinajstić information content (AvgIpc) is 2.63. The molecular weight excluding hydrogens is 254 g/mol. The number of aryl methyl sites for hydroxylation is 1. The molecule has 0 amide bonds. The standard InChI is InChI=1S/C16H25NO3/c1-12-5-6-16(19-3)14(9-12)15(18)11-17-7-4-8-20-13(2)10-17/h5-6,9,13,15,18H,4,7-8,10-11H2,1-3H3. The van der Waals surface area contributed by atoms with Gasteiger partial charge >= 0.3 is 0 Å². The van der Waals surface area contributed by atoms with Crippen molar-refractivity contribution < 1.29 is 14.6 Å².